The highest BCUT2D eigenvalue weighted by atomic mass is 19.1. The SMILES string of the molecule is CC#Cc1nc2c3cnn(CCN4CCN(c5cc(C6(O)CC6)ccc5F)CC4)c3nc(N)n2n1. The van der Waals surface area contributed by atoms with E-state index in [1.54, 1.807) is 19.2 Å². The van der Waals surface area contributed by atoms with E-state index >= 15 is 0 Å². The van der Waals surface area contributed by atoms with Crippen LogP contribution in [0.1, 0.15) is 31.2 Å². The lowest BCUT2D eigenvalue weighted by atomic mass is 10.1. The lowest BCUT2D eigenvalue weighted by Crippen LogP contribution is -2.47. The molecule has 2 aliphatic rings. The van der Waals surface area contributed by atoms with Crippen LogP contribution in [0.5, 0.6) is 0 Å². The molecule has 2 fully saturated rings. The van der Waals surface area contributed by atoms with Gasteiger partial charge in [0, 0.05) is 32.7 Å². The summed E-state index contributed by atoms with van der Waals surface area (Å²) in [6, 6.07) is 4.98. The van der Waals surface area contributed by atoms with Gasteiger partial charge in [0.1, 0.15) is 5.82 Å². The molecular formula is C24H26FN9O. The maximum absolute atomic E-state index is 14.5. The number of rotatable bonds is 5. The monoisotopic (exact) mass is 475 g/mol. The Morgan fingerprint density at radius 3 is 2.66 bits per heavy atom. The predicted molar refractivity (Wildman–Crippen MR) is 129 cm³/mol. The molecule has 0 radical (unpaired) electrons. The smallest absolute Gasteiger partial charge is 0.226 e. The van der Waals surface area contributed by atoms with Crippen molar-refractivity contribution in [2.24, 2.45) is 0 Å². The zero-order valence-electron chi connectivity index (χ0n) is 19.4. The molecule has 10 nitrogen and oxygen atoms in total. The third-order valence-electron chi connectivity index (χ3n) is 6.88. The first kappa shape index (κ1) is 21.8. The van der Waals surface area contributed by atoms with Crippen LogP contribution in [0.2, 0.25) is 0 Å². The maximum Gasteiger partial charge on any atom is 0.226 e. The Morgan fingerprint density at radius 1 is 1.11 bits per heavy atom. The highest BCUT2D eigenvalue weighted by Gasteiger charge is 2.42. The van der Waals surface area contributed by atoms with Crippen LogP contribution in [-0.2, 0) is 12.1 Å². The molecule has 35 heavy (non-hydrogen) atoms. The molecule has 0 amide bonds. The van der Waals surface area contributed by atoms with Gasteiger partial charge in [0.25, 0.3) is 0 Å². The zero-order chi connectivity index (χ0) is 24.2. The zero-order valence-corrected chi connectivity index (χ0v) is 19.4. The second kappa shape index (κ2) is 8.18. The third-order valence-corrected chi connectivity index (χ3v) is 6.88. The van der Waals surface area contributed by atoms with Crippen molar-refractivity contribution < 1.29 is 9.50 Å². The van der Waals surface area contributed by atoms with E-state index in [1.165, 1.54) is 10.6 Å². The van der Waals surface area contributed by atoms with Crippen LogP contribution >= 0.6 is 0 Å². The molecule has 0 spiro atoms. The molecule has 4 heterocycles. The number of halogens is 1. The van der Waals surface area contributed by atoms with Gasteiger partial charge in [-0.05, 0) is 43.4 Å². The Morgan fingerprint density at radius 2 is 1.91 bits per heavy atom. The number of fused-ring (bicyclic) bond motifs is 3. The van der Waals surface area contributed by atoms with Crippen molar-refractivity contribution in [2.45, 2.75) is 31.9 Å². The number of nitrogens with zero attached hydrogens (tertiary/aromatic N) is 8. The Balaban J connectivity index is 1.14. The van der Waals surface area contributed by atoms with Crippen LogP contribution in [0.25, 0.3) is 16.7 Å². The minimum Gasteiger partial charge on any atom is -0.385 e. The summed E-state index contributed by atoms with van der Waals surface area (Å²) in [5.41, 5.74) is 7.99. The molecule has 11 heteroatoms. The first-order valence-electron chi connectivity index (χ1n) is 11.8. The van der Waals surface area contributed by atoms with Crippen molar-refractivity contribution >= 4 is 28.3 Å². The number of piperazine rings is 1. The van der Waals surface area contributed by atoms with Gasteiger partial charge in [-0.25, -0.2) is 9.07 Å². The second-order valence-corrected chi connectivity index (χ2v) is 9.15. The summed E-state index contributed by atoms with van der Waals surface area (Å²) in [6.45, 7) is 6.17. The summed E-state index contributed by atoms with van der Waals surface area (Å²) in [7, 11) is 0. The van der Waals surface area contributed by atoms with Gasteiger partial charge < -0.3 is 15.7 Å². The topological polar surface area (TPSA) is 114 Å². The van der Waals surface area contributed by atoms with E-state index in [-0.39, 0.29) is 11.8 Å². The molecule has 1 saturated heterocycles. The lowest BCUT2D eigenvalue weighted by Gasteiger charge is -2.36. The van der Waals surface area contributed by atoms with E-state index in [2.05, 4.69) is 41.8 Å². The summed E-state index contributed by atoms with van der Waals surface area (Å²) in [4.78, 5) is 13.4. The number of nitrogens with two attached hydrogens (primary N) is 1. The Labute approximate surface area is 201 Å². The molecule has 1 aromatic carbocycles. The number of anilines is 2. The van der Waals surface area contributed by atoms with Crippen LogP contribution < -0.4 is 10.6 Å². The highest BCUT2D eigenvalue weighted by molar-refractivity contribution is 5.89. The van der Waals surface area contributed by atoms with E-state index in [0.717, 1.165) is 43.4 Å². The Hall–Kier alpha value is -3.75. The summed E-state index contributed by atoms with van der Waals surface area (Å²) in [6.07, 6.45) is 3.21. The average Bonchev–Trinajstić information content (AvgIpc) is 3.27. The molecule has 1 aliphatic heterocycles. The molecule has 0 atom stereocenters. The molecule has 1 saturated carbocycles. The first-order chi connectivity index (χ1) is 16.9. The maximum atomic E-state index is 14.5. The minimum atomic E-state index is -0.767. The van der Waals surface area contributed by atoms with Crippen molar-refractivity contribution in [3.05, 3.63) is 41.6 Å². The number of hydrogen-bond acceptors (Lipinski definition) is 8. The fourth-order valence-electron chi connectivity index (χ4n) is 4.69. The molecular weight excluding hydrogens is 449 g/mol. The summed E-state index contributed by atoms with van der Waals surface area (Å²) < 4.78 is 17.9. The second-order valence-electron chi connectivity index (χ2n) is 9.15. The Kier molecular flexibility index (Phi) is 5.09. The first-order valence-corrected chi connectivity index (χ1v) is 11.8. The molecule has 4 aromatic rings. The van der Waals surface area contributed by atoms with Gasteiger partial charge in [0.15, 0.2) is 11.3 Å². The highest BCUT2D eigenvalue weighted by Crippen LogP contribution is 2.46. The molecule has 180 valence electrons. The summed E-state index contributed by atoms with van der Waals surface area (Å²) >= 11 is 0. The van der Waals surface area contributed by atoms with Gasteiger partial charge in [-0.2, -0.15) is 19.6 Å². The number of nitrogen functional groups attached to an aromatic ring is 1. The van der Waals surface area contributed by atoms with Crippen molar-refractivity contribution in [3.8, 4) is 11.8 Å². The molecule has 6 rings (SSSR count). The molecule has 3 aromatic heterocycles. The average molecular weight is 476 g/mol. The predicted octanol–water partition coefficient (Wildman–Crippen LogP) is 1.37. The van der Waals surface area contributed by atoms with E-state index in [1.807, 2.05) is 10.7 Å². The van der Waals surface area contributed by atoms with Crippen LogP contribution in [0.4, 0.5) is 16.0 Å². The summed E-state index contributed by atoms with van der Waals surface area (Å²) in [5, 5.41) is 20.0. The van der Waals surface area contributed by atoms with Crippen molar-refractivity contribution in [1.29, 1.82) is 0 Å². The standard InChI is InChI=1S/C24H26FN9O/c1-2-3-20-28-22-17-15-27-33(21(17)29-23(26)34(22)30-20)13-10-31-8-11-32(12-9-31)19-14-16(4-5-18(19)25)24(35)6-7-24/h4-5,14-15,35H,6-13H2,1H3,(H2,26,29). The minimum absolute atomic E-state index is 0.236. The van der Waals surface area contributed by atoms with E-state index < -0.39 is 5.60 Å². The van der Waals surface area contributed by atoms with Gasteiger partial charge in [0.2, 0.25) is 11.8 Å². The number of aromatic nitrogens is 6. The van der Waals surface area contributed by atoms with Crippen LogP contribution in [0, 0.1) is 17.7 Å². The fourth-order valence-corrected chi connectivity index (χ4v) is 4.69. The normalized spacial score (nSPS) is 17.6. The van der Waals surface area contributed by atoms with Gasteiger partial charge >= 0.3 is 0 Å². The van der Waals surface area contributed by atoms with Crippen LogP contribution in [0.3, 0.4) is 0 Å². The van der Waals surface area contributed by atoms with E-state index in [4.69, 9.17) is 5.73 Å². The third kappa shape index (κ3) is 3.84. The molecule has 1 aliphatic carbocycles. The van der Waals surface area contributed by atoms with E-state index in [9.17, 15) is 9.50 Å². The quantitative estimate of drug-likeness (QED) is 0.416. The molecule has 3 N–H and O–H groups in total. The van der Waals surface area contributed by atoms with Crippen molar-refractivity contribution in [2.75, 3.05) is 43.4 Å². The van der Waals surface area contributed by atoms with Gasteiger partial charge in [-0.15, -0.1) is 5.10 Å². The number of hydrogen-bond donors (Lipinski definition) is 2. The molecule has 0 unspecified atom stereocenters. The number of aliphatic hydroxyl groups is 1. The fraction of sp³-hybridized carbons (Fsp3) is 0.417. The number of benzene rings is 1. The van der Waals surface area contributed by atoms with Crippen LogP contribution in [-0.4, -0.2) is 72.1 Å². The van der Waals surface area contributed by atoms with Crippen molar-refractivity contribution in [1.82, 2.24) is 34.3 Å². The summed E-state index contributed by atoms with van der Waals surface area (Å²) in [5.74, 6) is 6.02. The van der Waals surface area contributed by atoms with Gasteiger partial charge in [-0.1, -0.05) is 12.0 Å². The van der Waals surface area contributed by atoms with E-state index in [0.29, 0.717) is 42.4 Å². The lowest BCUT2D eigenvalue weighted by molar-refractivity contribution is 0.151. The van der Waals surface area contributed by atoms with Crippen LogP contribution in [0.15, 0.2) is 24.4 Å². The van der Waals surface area contributed by atoms with Gasteiger partial charge in [0.05, 0.1) is 29.4 Å². The largest absolute Gasteiger partial charge is 0.385 e. The van der Waals surface area contributed by atoms with Crippen molar-refractivity contribution in [3.63, 3.8) is 0 Å². The Bertz CT molecular complexity index is 1490. The molecule has 0 bridgehead atoms. The van der Waals surface area contributed by atoms with Gasteiger partial charge in [-0.3, -0.25) is 4.90 Å².